The topological polar surface area (TPSA) is 49.4 Å². The predicted molar refractivity (Wildman–Crippen MR) is 76.2 cm³/mol. The van der Waals surface area contributed by atoms with Gasteiger partial charge >= 0.3 is 10.2 Å². The summed E-state index contributed by atoms with van der Waals surface area (Å²) in [6, 6.07) is 7.02. The zero-order valence-electron chi connectivity index (χ0n) is 11.0. The van der Waals surface area contributed by atoms with E-state index in [1.54, 1.807) is 26.1 Å². The summed E-state index contributed by atoms with van der Waals surface area (Å²) in [7, 11) is -2.00. The standard InChI is InChI=1S/C12H19ClN2O2S/c1-9(2)15(4)18(16,17)14-12-8-6-5-7-11(12)10(3)13/h5-10,14H,1-4H3. The van der Waals surface area contributed by atoms with Gasteiger partial charge in [-0.1, -0.05) is 18.2 Å². The van der Waals surface area contributed by atoms with Gasteiger partial charge in [-0.15, -0.1) is 11.6 Å². The lowest BCUT2D eigenvalue weighted by atomic mass is 10.1. The summed E-state index contributed by atoms with van der Waals surface area (Å²) in [4.78, 5) is 0. The van der Waals surface area contributed by atoms with Crippen molar-refractivity contribution < 1.29 is 8.42 Å². The molecule has 1 N–H and O–H groups in total. The maximum Gasteiger partial charge on any atom is 0.301 e. The van der Waals surface area contributed by atoms with Crippen molar-refractivity contribution in [3.05, 3.63) is 29.8 Å². The number of halogens is 1. The van der Waals surface area contributed by atoms with Gasteiger partial charge in [0.2, 0.25) is 0 Å². The third-order valence-electron chi connectivity index (χ3n) is 2.73. The fraction of sp³-hybridized carbons (Fsp3) is 0.500. The quantitative estimate of drug-likeness (QED) is 0.848. The van der Waals surface area contributed by atoms with E-state index in [0.717, 1.165) is 5.56 Å². The molecule has 0 saturated heterocycles. The van der Waals surface area contributed by atoms with Gasteiger partial charge in [-0.25, -0.2) is 0 Å². The van der Waals surface area contributed by atoms with Crippen LogP contribution in [0.15, 0.2) is 24.3 Å². The molecule has 102 valence electrons. The van der Waals surface area contributed by atoms with Crippen LogP contribution in [0.2, 0.25) is 0 Å². The molecule has 0 aromatic heterocycles. The molecule has 1 rings (SSSR count). The molecule has 0 aliphatic rings. The van der Waals surface area contributed by atoms with Crippen LogP contribution >= 0.6 is 11.6 Å². The molecule has 0 aliphatic heterocycles. The number of hydrogen-bond acceptors (Lipinski definition) is 2. The van der Waals surface area contributed by atoms with E-state index in [0.29, 0.717) is 5.69 Å². The molecule has 1 aromatic carbocycles. The Morgan fingerprint density at radius 1 is 1.22 bits per heavy atom. The number of anilines is 1. The van der Waals surface area contributed by atoms with E-state index in [1.807, 2.05) is 26.0 Å². The Balaban J connectivity index is 3.05. The van der Waals surface area contributed by atoms with Crippen LogP contribution in [-0.4, -0.2) is 25.8 Å². The summed E-state index contributed by atoms with van der Waals surface area (Å²) < 4.78 is 28.0. The minimum absolute atomic E-state index is 0.108. The van der Waals surface area contributed by atoms with Gasteiger partial charge in [0.1, 0.15) is 0 Å². The molecular formula is C12H19ClN2O2S. The molecule has 0 amide bonds. The number of para-hydroxylation sites is 1. The van der Waals surface area contributed by atoms with Crippen LogP contribution in [0, 0.1) is 0 Å². The molecule has 0 radical (unpaired) electrons. The van der Waals surface area contributed by atoms with Crippen molar-refractivity contribution in [1.82, 2.24) is 4.31 Å². The molecule has 18 heavy (non-hydrogen) atoms. The van der Waals surface area contributed by atoms with Crippen LogP contribution in [0.5, 0.6) is 0 Å². The van der Waals surface area contributed by atoms with Crippen molar-refractivity contribution in [2.75, 3.05) is 11.8 Å². The van der Waals surface area contributed by atoms with Crippen molar-refractivity contribution in [3.63, 3.8) is 0 Å². The average Bonchev–Trinajstić information content (AvgIpc) is 2.27. The van der Waals surface area contributed by atoms with Crippen LogP contribution in [0.4, 0.5) is 5.69 Å². The highest BCUT2D eigenvalue weighted by molar-refractivity contribution is 7.90. The van der Waals surface area contributed by atoms with E-state index in [-0.39, 0.29) is 11.4 Å². The summed E-state index contributed by atoms with van der Waals surface area (Å²) in [5.41, 5.74) is 1.28. The molecule has 0 fully saturated rings. The second-order valence-electron chi connectivity index (χ2n) is 4.42. The van der Waals surface area contributed by atoms with E-state index >= 15 is 0 Å². The third-order valence-corrected chi connectivity index (χ3v) is 4.63. The smallest absolute Gasteiger partial charge is 0.271 e. The fourth-order valence-electron chi connectivity index (χ4n) is 1.43. The molecule has 0 heterocycles. The molecule has 0 saturated carbocycles. The maximum atomic E-state index is 12.1. The lowest BCUT2D eigenvalue weighted by molar-refractivity contribution is 0.414. The van der Waals surface area contributed by atoms with Gasteiger partial charge in [0, 0.05) is 13.1 Å². The first-order chi connectivity index (χ1) is 8.25. The lowest BCUT2D eigenvalue weighted by Crippen LogP contribution is -2.37. The Kier molecular flexibility index (Phi) is 5.01. The van der Waals surface area contributed by atoms with Crippen LogP contribution in [0.3, 0.4) is 0 Å². The summed E-state index contributed by atoms with van der Waals surface area (Å²) in [6.45, 7) is 5.44. The van der Waals surface area contributed by atoms with Crippen molar-refractivity contribution >= 4 is 27.5 Å². The Labute approximate surface area is 114 Å². The van der Waals surface area contributed by atoms with Crippen molar-refractivity contribution in [1.29, 1.82) is 0 Å². The third kappa shape index (κ3) is 3.60. The van der Waals surface area contributed by atoms with Crippen LogP contribution in [0.25, 0.3) is 0 Å². The fourth-order valence-corrected chi connectivity index (χ4v) is 2.78. The monoisotopic (exact) mass is 290 g/mol. The molecule has 1 unspecified atom stereocenters. The Bertz CT molecular complexity index is 501. The summed E-state index contributed by atoms with van der Waals surface area (Å²) in [5, 5.41) is -0.256. The Morgan fingerprint density at radius 3 is 2.28 bits per heavy atom. The average molecular weight is 291 g/mol. The zero-order valence-corrected chi connectivity index (χ0v) is 12.6. The van der Waals surface area contributed by atoms with E-state index in [2.05, 4.69) is 4.72 Å². The van der Waals surface area contributed by atoms with Gasteiger partial charge in [0.15, 0.2) is 0 Å². The highest BCUT2D eigenvalue weighted by atomic mass is 35.5. The van der Waals surface area contributed by atoms with E-state index in [9.17, 15) is 8.42 Å². The van der Waals surface area contributed by atoms with Crippen LogP contribution < -0.4 is 4.72 Å². The number of rotatable bonds is 5. The van der Waals surface area contributed by atoms with E-state index in [1.165, 1.54) is 4.31 Å². The highest BCUT2D eigenvalue weighted by Crippen LogP contribution is 2.28. The molecule has 4 nitrogen and oxygen atoms in total. The van der Waals surface area contributed by atoms with Crippen molar-refractivity contribution in [2.24, 2.45) is 0 Å². The minimum atomic E-state index is -3.54. The minimum Gasteiger partial charge on any atom is -0.271 e. The summed E-state index contributed by atoms with van der Waals surface area (Å²) >= 11 is 6.03. The maximum absolute atomic E-state index is 12.1. The van der Waals surface area contributed by atoms with E-state index in [4.69, 9.17) is 11.6 Å². The first kappa shape index (κ1) is 15.3. The second-order valence-corrected chi connectivity index (χ2v) is 6.81. The van der Waals surface area contributed by atoms with Gasteiger partial charge in [0.05, 0.1) is 11.1 Å². The van der Waals surface area contributed by atoms with Crippen molar-refractivity contribution in [3.8, 4) is 0 Å². The predicted octanol–water partition coefficient (Wildman–Crippen LogP) is 2.98. The summed E-state index contributed by atoms with van der Waals surface area (Å²) in [6.07, 6.45) is 0. The van der Waals surface area contributed by atoms with Gasteiger partial charge < -0.3 is 0 Å². The Morgan fingerprint density at radius 2 is 1.78 bits per heavy atom. The second kappa shape index (κ2) is 5.91. The lowest BCUT2D eigenvalue weighted by Gasteiger charge is -2.23. The van der Waals surface area contributed by atoms with Crippen molar-refractivity contribution in [2.45, 2.75) is 32.2 Å². The number of benzene rings is 1. The van der Waals surface area contributed by atoms with Gasteiger partial charge in [-0.05, 0) is 32.4 Å². The molecule has 6 heteroatoms. The first-order valence-electron chi connectivity index (χ1n) is 5.74. The number of nitrogens with one attached hydrogen (secondary N) is 1. The Hall–Kier alpha value is -0.780. The molecule has 0 aliphatic carbocycles. The van der Waals surface area contributed by atoms with Gasteiger partial charge in [0.25, 0.3) is 0 Å². The molecule has 1 atom stereocenters. The van der Waals surface area contributed by atoms with Gasteiger partial charge in [-0.3, -0.25) is 4.72 Å². The largest absolute Gasteiger partial charge is 0.301 e. The van der Waals surface area contributed by atoms with Crippen LogP contribution in [0.1, 0.15) is 31.7 Å². The number of nitrogens with zero attached hydrogens (tertiary/aromatic N) is 1. The highest BCUT2D eigenvalue weighted by Gasteiger charge is 2.21. The normalized spacial score (nSPS) is 13.9. The SMILES string of the molecule is CC(Cl)c1ccccc1NS(=O)(=O)N(C)C(C)C. The molecule has 0 spiro atoms. The van der Waals surface area contributed by atoms with Crippen LogP contribution in [-0.2, 0) is 10.2 Å². The zero-order chi connectivity index (χ0) is 13.9. The number of alkyl halides is 1. The molecule has 0 bridgehead atoms. The molecular weight excluding hydrogens is 272 g/mol. The summed E-state index contributed by atoms with van der Waals surface area (Å²) in [5.74, 6) is 0. The first-order valence-corrected chi connectivity index (χ1v) is 7.62. The van der Waals surface area contributed by atoms with Gasteiger partial charge in [-0.2, -0.15) is 12.7 Å². The van der Waals surface area contributed by atoms with E-state index < -0.39 is 10.2 Å². The number of hydrogen-bond donors (Lipinski definition) is 1. The molecule has 1 aromatic rings.